The van der Waals surface area contributed by atoms with E-state index in [1.54, 1.807) is 18.7 Å². The van der Waals surface area contributed by atoms with Gasteiger partial charge >= 0.3 is 0 Å². The van der Waals surface area contributed by atoms with Crippen LogP contribution in [-0.4, -0.2) is 38.1 Å². The van der Waals surface area contributed by atoms with Crippen LogP contribution in [0.25, 0.3) is 0 Å². The molecule has 0 aliphatic carbocycles. The number of nitro benzene ring substituents is 1. The van der Waals surface area contributed by atoms with Gasteiger partial charge in [-0.2, -0.15) is 0 Å². The van der Waals surface area contributed by atoms with E-state index in [9.17, 15) is 23.3 Å². The van der Waals surface area contributed by atoms with Gasteiger partial charge in [-0.1, -0.05) is 31.2 Å². The van der Waals surface area contributed by atoms with Crippen molar-refractivity contribution in [2.75, 3.05) is 22.0 Å². The summed E-state index contributed by atoms with van der Waals surface area (Å²) in [7, 11) is -3.89. The number of non-ortho nitro benzene ring substituents is 1. The van der Waals surface area contributed by atoms with Crippen molar-refractivity contribution >= 4 is 33.0 Å². The van der Waals surface area contributed by atoms with Gasteiger partial charge in [-0.05, 0) is 43.4 Å². The van der Waals surface area contributed by atoms with Crippen molar-refractivity contribution in [3.63, 3.8) is 0 Å². The molecule has 0 radical (unpaired) electrons. The Balaban J connectivity index is 2.10. The zero-order chi connectivity index (χ0) is 22.1. The molecule has 0 aromatic heterocycles. The van der Waals surface area contributed by atoms with E-state index in [0.717, 1.165) is 34.7 Å². The average molecular weight is 432 g/mol. The molecule has 2 aromatic carbocycles. The highest BCUT2D eigenvalue weighted by Gasteiger charge is 2.37. The minimum absolute atomic E-state index is 0.150. The maximum atomic E-state index is 13.6. The smallest absolute Gasteiger partial charge is 0.271 e. The van der Waals surface area contributed by atoms with Crippen LogP contribution >= 0.6 is 0 Å². The van der Waals surface area contributed by atoms with Crippen LogP contribution in [0.2, 0.25) is 0 Å². The van der Waals surface area contributed by atoms with Crippen LogP contribution in [0.1, 0.15) is 30.9 Å². The Hall–Kier alpha value is -2.94. The monoisotopic (exact) mass is 431 g/mol. The van der Waals surface area contributed by atoms with E-state index in [4.69, 9.17) is 0 Å². The number of benzene rings is 2. The van der Waals surface area contributed by atoms with E-state index in [2.05, 4.69) is 0 Å². The van der Waals surface area contributed by atoms with Crippen molar-refractivity contribution in [1.82, 2.24) is 0 Å². The molecular weight excluding hydrogens is 406 g/mol. The molecule has 0 N–H and O–H groups in total. The fourth-order valence-corrected chi connectivity index (χ4v) is 5.17. The first kappa shape index (κ1) is 21.8. The van der Waals surface area contributed by atoms with E-state index in [-0.39, 0.29) is 23.7 Å². The lowest BCUT2D eigenvalue weighted by molar-refractivity contribution is -0.384. The molecule has 3 rings (SSSR count). The van der Waals surface area contributed by atoms with Gasteiger partial charge in [-0.3, -0.25) is 19.2 Å². The number of amides is 1. The van der Waals surface area contributed by atoms with Gasteiger partial charge in [0, 0.05) is 24.4 Å². The molecule has 160 valence electrons. The lowest BCUT2D eigenvalue weighted by Crippen LogP contribution is -2.52. The molecule has 0 saturated carbocycles. The van der Waals surface area contributed by atoms with Crippen LogP contribution in [-0.2, 0) is 21.2 Å². The Kier molecular flexibility index (Phi) is 6.12. The number of anilines is 2. The largest absolute Gasteiger partial charge is 0.310 e. The van der Waals surface area contributed by atoms with Crippen molar-refractivity contribution in [3.8, 4) is 0 Å². The first-order chi connectivity index (χ1) is 14.1. The molecule has 30 heavy (non-hydrogen) atoms. The van der Waals surface area contributed by atoms with E-state index in [1.165, 1.54) is 18.2 Å². The van der Waals surface area contributed by atoms with Crippen molar-refractivity contribution in [2.45, 2.75) is 39.2 Å². The fourth-order valence-electron chi connectivity index (χ4n) is 3.91. The number of hydrogen-bond acceptors (Lipinski definition) is 5. The summed E-state index contributed by atoms with van der Waals surface area (Å²) in [6.45, 7) is 3.91. The number of aryl methyl sites for hydroxylation is 2. The predicted molar refractivity (Wildman–Crippen MR) is 116 cm³/mol. The number of hydrogen-bond donors (Lipinski definition) is 0. The lowest BCUT2D eigenvalue weighted by atomic mass is 10.0. The molecular formula is C21H25N3O5S. The number of sulfonamides is 1. The summed E-state index contributed by atoms with van der Waals surface area (Å²) in [5, 5.41) is 11.3. The topological polar surface area (TPSA) is 101 Å². The summed E-state index contributed by atoms with van der Waals surface area (Å²) in [6.07, 6.45) is 2.89. The Labute approximate surface area is 176 Å². The Morgan fingerprint density at radius 2 is 1.97 bits per heavy atom. The summed E-state index contributed by atoms with van der Waals surface area (Å²) < 4.78 is 26.6. The molecule has 9 heteroatoms. The standard InChI is InChI=1S/C21H25N3O5S/c1-4-18(21(25)22-13-7-9-16-8-5-6-10-19(16)22)23(30(3,28)29)20-14-17(24(26)27)12-11-15(20)2/h5-6,8,10-12,14,18H,4,7,9,13H2,1-3H3. The number of rotatable bonds is 6. The zero-order valence-electron chi connectivity index (χ0n) is 17.2. The molecule has 1 aliphatic rings. The molecule has 1 amide bonds. The van der Waals surface area contributed by atoms with Crippen LogP contribution in [0.15, 0.2) is 42.5 Å². The van der Waals surface area contributed by atoms with E-state index >= 15 is 0 Å². The maximum Gasteiger partial charge on any atom is 0.271 e. The highest BCUT2D eigenvalue weighted by atomic mass is 32.2. The number of nitrogens with zero attached hydrogens (tertiary/aromatic N) is 3. The SMILES string of the molecule is CCC(C(=O)N1CCCc2ccccc21)N(c1cc([N+](=O)[O-])ccc1C)S(C)(=O)=O. The summed E-state index contributed by atoms with van der Waals surface area (Å²) in [5.74, 6) is -0.332. The van der Waals surface area contributed by atoms with E-state index in [1.807, 2.05) is 24.3 Å². The first-order valence-electron chi connectivity index (χ1n) is 9.79. The highest BCUT2D eigenvalue weighted by Crippen LogP contribution is 2.33. The van der Waals surface area contributed by atoms with Crippen molar-refractivity contribution in [1.29, 1.82) is 0 Å². The van der Waals surface area contributed by atoms with Gasteiger partial charge in [0.25, 0.3) is 11.6 Å². The fraction of sp³-hybridized carbons (Fsp3) is 0.381. The lowest BCUT2D eigenvalue weighted by Gasteiger charge is -2.37. The second-order valence-electron chi connectivity index (χ2n) is 7.43. The number of para-hydroxylation sites is 1. The van der Waals surface area contributed by atoms with Gasteiger partial charge in [0.05, 0.1) is 16.9 Å². The van der Waals surface area contributed by atoms with Crippen LogP contribution in [0.5, 0.6) is 0 Å². The number of fused-ring (bicyclic) bond motifs is 1. The molecule has 0 fully saturated rings. The molecule has 1 aliphatic heterocycles. The second-order valence-corrected chi connectivity index (χ2v) is 9.29. The normalized spacial score (nSPS) is 14.7. The minimum Gasteiger partial charge on any atom is -0.310 e. The summed E-state index contributed by atoms with van der Waals surface area (Å²) in [5.41, 5.74) is 2.30. The van der Waals surface area contributed by atoms with E-state index < -0.39 is 21.0 Å². The summed E-state index contributed by atoms with van der Waals surface area (Å²) >= 11 is 0. The van der Waals surface area contributed by atoms with Crippen LogP contribution < -0.4 is 9.21 Å². The first-order valence-corrected chi connectivity index (χ1v) is 11.6. The number of carbonyl (C=O) groups excluding carboxylic acids is 1. The third kappa shape index (κ3) is 4.16. The second kappa shape index (κ2) is 8.43. The third-order valence-corrected chi connectivity index (χ3v) is 6.50. The van der Waals surface area contributed by atoms with Gasteiger partial charge in [-0.15, -0.1) is 0 Å². The number of nitro groups is 1. The molecule has 0 spiro atoms. The molecule has 8 nitrogen and oxygen atoms in total. The van der Waals surface area contributed by atoms with Crippen molar-refractivity contribution < 1.29 is 18.1 Å². The molecule has 0 saturated heterocycles. The van der Waals surface area contributed by atoms with E-state index in [0.29, 0.717) is 12.1 Å². The highest BCUT2D eigenvalue weighted by molar-refractivity contribution is 7.92. The molecule has 2 aromatic rings. The van der Waals surface area contributed by atoms with Gasteiger partial charge in [0.1, 0.15) is 6.04 Å². The quantitative estimate of drug-likeness (QED) is 0.515. The van der Waals surface area contributed by atoms with Crippen molar-refractivity contribution in [3.05, 3.63) is 63.7 Å². The average Bonchev–Trinajstić information content (AvgIpc) is 2.70. The Morgan fingerprint density at radius 3 is 2.60 bits per heavy atom. The maximum absolute atomic E-state index is 13.6. The molecule has 0 bridgehead atoms. The third-order valence-electron chi connectivity index (χ3n) is 5.33. The molecule has 1 atom stereocenters. The molecule has 1 heterocycles. The van der Waals surface area contributed by atoms with Crippen LogP contribution in [0.3, 0.4) is 0 Å². The van der Waals surface area contributed by atoms with Crippen LogP contribution in [0.4, 0.5) is 17.1 Å². The van der Waals surface area contributed by atoms with Crippen LogP contribution in [0, 0.1) is 17.0 Å². The van der Waals surface area contributed by atoms with Gasteiger partial charge in [-0.25, -0.2) is 8.42 Å². The summed E-state index contributed by atoms with van der Waals surface area (Å²) in [6, 6.07) is 10.6. The predicted octanol–water partition coefficient (Wildman–Crippen LogP) is 3.43. The Morgan fingerprint density at radius 1 is 1.27 bits per heavy atom. The van der Waals surface area contributed by atoms with Gasteiger partial charge in [0.15, 0.2) is 0 Å². The Bertz CT molecular complexity index is 1080. The minimum atomic E-state index is -3.89. The zero-order valence-corrected chi connectivity index (χ0v) is 18.1. The van der Waals surface area contributed by atoms with Gasteiger partial charge < -0.3 is 4.90 Å². The number of carbonyl (C=O) groups is 1. The summed E-state index contributed by atoms with van der Waals surface area (Å²) in [4.78, 5) is 25.9. The molecule has 1 unspecified atom stereocenters. The van der Waals surface area contributed by atoms with Crippen molar-refractivity contribution in [2.24, 2.45) is 0 Å². The van der Waals surface area contributed by atoms with Gasteiger partial charge in [0.2, 0.25) is 10.0 Å².